The Kier molecular flexibility index (Phi) is 8.47. The molecule has 1 saturated heterocycles. The average molecular weight is 579 g/mol. The van der Waals surface area contributed by atoms with Crippen LogP contribution in [0.5, 0.6) is 0 Å². The third kappa shape index (κ3) is 6.15. The number of hydrogen-bond acceptors (Lipinski definition) is 5. The molecule has 3 heterocycles. The van der Waals surface area contributed by atoms with E-state index in [1.807, 2.05) is 71.0 Å². The van der Waals surface area contributed by atoms with E-state index in [9.17, 15) is 9.59 Å². The van der Waals surface area contributed by atoms with Crippen LogP contribution in [0.4, 0.5) is 5.69 Å². The maximum Gasteiger partial charge on any atom is 0.247 e. The smallest absolute Gasteiger partial charge is 0.247 e. The summed E-state index contributed by atoms with van der Waals surface area (Å²) in [7, 11) is 0. The minimum absolute atomic E-state index is 0.0381. The Bertz CT molecular complexity index is 1590. The molecular formula is C35H42N6O2. The molecule has 2 atom stereocenters. The van der Waals surface area contributed by atoms with Gasteiger partial charge in [0, 0.05) is 45.0 Å². The van der Waals surface area contributed by atoms with Crippen LogP contribution >= 0.6 is 0 Å². The van der Waals surface area contributed by atoms with Gasteiger partial charge in [-0.05, 0) is 68.6 Å². The molecule has 0 unspecified atom stereocenters. The van der Waals surface area contributed by atoms with Crippen LogP contribution < -0.4 is 10.2 Å². The number of amides is 2. The fourth-order valence-corrected chi connectivity index (χ4v) is 6.54. The number of nitrogens with zero attached hydrogens (tertiary/aromatic N) is 5. The van der Waals surface area contributed by atoms with Crippen molar-refractivity contribution in [2.75, 3.05) is 44.2 Å². The topological polar surface area (TPSA) is 73.7 Å². The van der Waals surface area contributed by atoms with E-state index in [-0.39, 0.29) is 24.3 Å². The van der Waals surface area contributed by atoms with E-state index in [0.29, 0.717) is 13.1 Å². The number of anilines is 1. The van der Waals surface area contributed by atoms with Crippen molar-refractivity contribution in [1.29, 1.82) is 0 Å². The number of nitrogens with one attached hydrogen (secondary N) is 1. The zero-order chi connectivity index (χ0) is 29.9. The molecule has 4 aromatic rings. The fraction of sp³-hybridized carbons (Fsp3) is 0.400. The van der Waals surface area contributed by atoms with Crippen LogP contribution in [0.15, 0.2) is 72.8 Å². The van der Waals surface area contributed by atoms with Crippen molar-refractivity contribution in [2.45, 2.75) is 52.2 Å². The Hall–Kier alpha value is -4.17. The van der Waals surface area contributed by atoms with Gasteiger partial charge in [0.2, 0.25) is 11.8 Å². The van der Waals surface area contributed by atoms with Gasteiger partial charge in [0.25, 0.3) is 0 Å². The number of aromatic nitrogens is 2. The summed E-state index contributed by atoms with van der Waals surface area (Å²) >= 11 is 0. The van der Waals surface area contributed by atoms with Crippen molar-refractivity contribution in [2.24, 2.45) is 0 Å². The molecule has 6 rings (SSSR count). The van der Waals surface area contributed by atoms with Gasteiger partial charge < -0.3 is 19.7 Å². The van der Waals surface area contributed by atoms with E-state index in [0.717, 1.165) is 61.6 Å². The summed E-state index contributed by atoms with van der Waals surface area (Å²) in [6.45, 7) is 12.4. The lowest BCUT2D eigenvalue weighted by Crippen LogP contribution is -2.47. The number of carbonyl (C=O) groups is 2. The first-order valence-corrected chi connectivity index (χ1v) is 15.5. The van der Waals surface area contributed by atoms with Crippen LogP contribution in [0, 0.1) is 13.8 Å². The van der Waals surface area contributed by atoms with Gasteiger partial charge in [-0.2, -0.15) is 0 Å². The standard InChI is InChI=1S/C35H42N6O2/c1-25-14-15-26(2)31(22-25)39-20-18-38(19-21-39)17-9-16-36-33(42)23-32-35(43)40(24-28-10-5-4-6-11-28)27(3)34-37-29-12-7-8-13-30(29)41(32)34/h4-8,10-15,22,27,32H,9,16-21,23-24H2,1-3H3,(H,36,42)/t27-,32+/m0/s1. The number of fused-ring (bicyclic) bond motifs is 3. The molecule has 0 spiro atoms. The van der Waals surface area contributed by atoms with Crippen LogP contribution in [0.1, 0.15) is 54.4 Å². The van der Waals surface area contributed by atoms with Crippen LogP contribution in [-0.4, -0.2) is 70.4 Å². The first kappa shape index (κ1) is 28.9. The number of imidazole rings is 1. The van der Waals surface area contributed by atoms with E-state index >= 15 is 0 Å². The number of para-hydroxylation sites is 2. The second-order valence-electron chi connectivity index (χ2n) is 12.0. The number of hydrogen-bond donors (Lipinski definition) is 1. The molecule has 8 nitrogen and oxygen atoms in total. The second-order valence-corrected chi connectivity index (χ2v) is 12.0. The maximum atomic E-state index is 14.0. The zero-order valence-electron chi connectivity index (χ0n) is 25.5. The Morgan fingerprint density at radius 2 is 1.70 bits per heavy atom. The maximum absolute atomic E-state index is 14.0. The molecule has 0 bridgehead atoms. The van der Waals surface area contributed by atoms with Crippen molar-refractivity contribution < 1.29 is 9.59 Å². The van der Waals surface area contributed by atoms with Crippen molar-refractivity contribution in [1.82, 2.24) is 24.7 Å². The van der Waals surface area contributed by atoms with Crippen LogP contribution in [0.3, 0.4) is 0 Å². The summed E-state index contributed by atoms with van der Waals surface area (Å²) < 4.78 is 2.00. The van der Waals surface area contributed by atoms with Crippen molar-refractivity contribution in [3.63, 3.8) is 0 Å². The Labute approximate surface area is 254 Å². The Morgan fingerprint density at radius 1 is 0.953 bits per heavy atom. The molecule has 1 N–H and O–H groups in total. The highest BCUT2D eigenvalue weighted by Crippen LogP contribution is 2.37. The summed E-state index contributed by atoms with van der Waals surface area (Å²) in [4.78, 5) is 39.0. The summed E-state index contributed by atoms with van der Waals surface area (Å²) in [6, 6.07) is 23.7. The highest BCUT2D eigenvalue weighted by Gasteiger charge is 2.40. The first-order chi connectivity index (χ1) is 20.9. The number of piperazine rings is 1. The normalized spacial score (nSPS) is 19.1. The molecule has 224 valence electrons. The van der Waals surface area contributed by atoms with Gasteiger partial charge in [0.15, 0.2) is 0 Å². The fourth-order valence-electron chi connectivity index (χ4n) is 6.54. The monoisotopic (exact) mass is 578 g/mol. The number of aryl methyl sites for hydroxylation is 2. The van der Waals surface area contributed by atoms with Gasteiger partial charge in [0.05, 0.1) is 23.5 Å². The van der Waals surface area contributed by atoms with Crippen molar-refractivity contribution in [3.8, 4) is 0 Å². The minimum Gasteiger partial charge on any atom is -0.369 e. The predicted molar refractivity (Wildman–Crippen MR) is 171 cm³/mol. The molecule has 1 aromatic heterocycles. The lowest BCUT2D eigenvalue weighted by Gasteiger charge is -2.38. The van der Waals surface area contributed by atoms with E-state index < -0.39 is 6.04 Å². The summed E-state index contributed by atoms with van der Waals surface area (Å²) in [5.41, 5.74) is 6.77. The Balaban J connectivity index is 1.06. The van der Waals surface area contributed by atoms with E-state index in [2.05, 4.69) is 47.2 Å². The molecule has 0 radical (unpaired) electrons. The van der Waals surface area contributed by atoms with E-state index in [1.54, 1.807) is 0 Å². The van der Waals surface area contributed by atoms with Gasteiger partial charge in [-0.1, -0.05) is 54.6 Å². The number of carbonyl (C=O) groups excluding carboxylic acids is 2. The molecule has 2 aliphatic heterocycles. The van der Waals surface area contributed by atoms with Crippen molar-refractivity contribution >= 4 is 28.5 Å². The van der Waals surface area contributed by atoms with Gasteiger partial charge >= 0.3 is 0 Å². The number of rotatable bonds is 9. The molecule has 0 aliphatic carbocycles. The number of benzene rings is 3. The Morgan fingerprint density at radius 3 is 2.49 bits per heavy atom. The summed E-state index contributed by atoms with van der Waals surface area (Å²) in [5, 5.41) is 3.10. The highest BCUT2D eigenvalue weighted by molar-refractivity contribution is 5.90. The van der Waals surface area contributed by atoms with Gasteiger partial charge in [-0.15, -0.1) is 0 Å². The lowest BCUT2D eigenvalue weighted by molar-refractivity contribution is -0.142. The third-order valence-electron chi connectivity index (χ3n) is 8.97. The quantitative estimate of drug-likeness (QED) is 0.283. The second kappa shape index (κ2) is 12.6. The summed E-state index contributed by atoms with van der Waals surface area (Å²) in [6.07, 6.45) is 0.975. The molecule has 2 amide bonds. The average Bonchev–Trinajstić information content (AvgIpc) is 3.41. The lowest BCUT2D eigenvalue weighted by atomic mass is 10.0. The van der Waals surface area contributed by atoms with Crippen LogP contribution in [-0.2, 0) is 16.1 Å². The summed E-state index contributed by atoms with van der Waals surface area (Å²) in [5.74, 6) is 0.689. The molecule has 8 heteroatoms. The minimum atomic E-state index is -0.625. The van der Waals surface area contributed by atoms with Gasteiger partial charge in [-0.3, -0.25) is 14.5 Å². The van der Waals surface area contributed by atoms with Crippen molar-refractivity contribution in [3.05, 3.63) is 95.3 Å². The van der Waals surface area contributed by atoms with E-state index in [1.165, 1.54) is 16.8 Å². The molecule has 3 aromatic carbocycles. The molecular weight excluding hydrogens is 536 g/mol. The van der Waals surface area contributed by atoms with E-state index in [4.69, 9.17) is 4.98 Å². The molecule has 0 saturated carbocycles. The SMILES string of the molecule is Cc1ccc(C)c(N2CCN(CCCNC(=O)C[C@@H]3C(=O)N(Cc4ccccc4)[C@@H](C)c4nc5ccccc5n43)CC2)c1. The molecule has 43 heavy (non-hydrogen) atoms. The molecule has 2 aliphatic rings. The van der Waals surface area contributed by atoms with Gasteiger partial charge in [-0.25, -0.2) is 4.98 Å². The zero-order valence-corrected chi connectivity index (χ0v) is 25.5. The third-order valence-corrected chi connectivity index (χ3v) is 8.97. The first-order valence-electron chi connectivity index (χ1n) is 15.5. The largest absolute Gasteiger partial charge is 0.369 e. The van der Waals surface area contributed by atoms with Crippen LogP contribution in [0.2, 0.25) is 0 Å². The predicted octanol–water partition coefficient (Wildman–Crippen LogP) is 5.02. The highest BCUT2D eigenvalue weighted by atomic mass is 16.2. The van der Waals surface area contributed by atoms with Gasteiger partial charge in [0.1, 0.15) is 11.9 Å². The molecule has 1 fully saturated rings. The van der Waals surface area contributed by atoms with Crippen LogP contribution in [0.25, 0.3) is 11.0 Å².